The number of hydrogen-bond donors (Lipinski definition) is 2. The predicted molar refractivity (Wildman–Crippen MR) is 124 cm³/mol. The second kappa shape index (κ2) is 10.1. The highest BCUT2D eigenvalue weighted by Gasteiger charge is 2.57. The van der Waals surface area contributed by atoms with Gasteiger partial charge in [0, 0.05) is 47.9 Å². The molecular weight excluding hydrogens is 456 g/mol. The van der Waals surface area contributed by atoms with Crippen LogP contribution in [-0.2, 0) is 9.59 Å². The number of alkyl halides is 2. The molecule has 0 radical (unpaired) electrons. The van der Waals surface area contributed by atoms with Crippen LogP contribution in [0.5, 0.6) is 5.75 Å². The number of fused-ring (bicyclic) bond motifs is 1. The minimum atomic E-state index is -2.83. The number of nitrogens with one attached hydrogen (secondary N) is 2. The standard InChI is InChI=1S/C26H29F2N3O4/c1-35-24-8-4-6-20-19(24)12-21(31-20)23(33)11-16(9-17-13-26(17,27)28)25(34)30-18(14-29)10-15-5-2-3-7-22(15)32/h4,6,8,12,15-18,31H,2-3,5,7,9-11,13H2,1H3,(H,30,34)/t15-,16+,17?,18-/m0/s1. The molecule has 2 fully saturated rings. The molecule has 186 valence electrons. The van der Waals surface area contributed by atoms with E-state index in [1.54, 1.807) is 24.3 Å². The fourth-order valence-corrected chi connectivity index (χ4v) is 4.96. The minimum Gasteiger partial charge on any atom is -0.496 e. The molecule has 4 atom stereocenters. The Kier molecular flexibility index (Phi) is 7.20. The van der Waals surface area contributed by atoms with Crippen LogP contribution in [0.2, 0.25) is 0 Å². The fraction of sp³-hybridized carbons (Fsp3) is 0.538. The van der Waals surface area contributed by atoms with E-state index in [0.717, 1.165) is 12.8 Å². The van der Waals surface area contributed by atoms with E-state index in [1.807, 2.05) is 6.07 Å². The smallest absolute Gasteiger partial charge is 0.251 e. The summed E-state index contributed by atoms with van der Waals surface area (Å²) in [4.78, 5) is 41.3. The zero-order chi connectivity index (χ0) is 25.2. The molecule has 0 spiro atoms. The fourth-order valence-electron chi connectivity index (χ4n) is 4.96. The first-order chi connectivity index (χ1) is 16.7. The van der Waals surface area contributed by atoms with Gasteiger partial charge in [0.1, 0.15) is 17.6 Å². The average molecular weight is 486 g/mol. The molecule has 1 aromatic carbocycles. The minimum absolute atomic E-state index is 0.0874. The normalized spacial score (nSPS) is 22.7. The van der Waals surface area contributed by atoms with Gasteiger partial charge in [-0.25, -0.2) is 8.78 Å². The van der Waals surface area contributed by atoms with E-state index in [0.29, 0.717) is 29.5 Å². The molecule has 2 aliphatic rings. The van der Waals surface area contributed by atoms with E-state index in [1.165, 1.54) is 7.11 Å². The number of methoxy groups -OCH3 is 1. The first-order valence-corrected chi connectivity index (χ1v) is 12.0. The van der Waals surface area contributed by atoms with E-state index in [-0.39, 0.29) is 48.9 Å². The highest BCUT2D eigenvalue weighted by Crippen LogP contribution is 2.52. The molecular formula is C26H29F2N3O4. The van der Waals surface area contributed by atoms with Gasteiger partial charge in [-0.3, -0.25) is 14.4 Å². The maximum absolute atomic E-state index is 13.7. The lowest BCUT2D eigenvalue weighted by molar-refractivity contribution is -0.127. The molecule has 0 bridgehead atoms. The van der Waals surface area contributed by atoms with Crippen LogP contribution in [0.4, 0.5) is 8.78 Å². The Balaban J connectivity index is 1.47. The van der Waals surface area contributed by atoms with Crippen LogP contribution < -0.4 is 10.1 Å². The molecule has 9 heteroatoms. The highest BCUT2D eigenvalue weighted by atomic mass is 19.3. The summed E-state index contributed by atoms with van der Waals surface area (Å²) in [5, 5.41) is 12.9. The Labute approximate surface area is 202 Å². The van der Waals surface area contributed by atoms with Gasteiger partial charge in [-0.05, 0) is 43.9 Å². The van der Waals surface area contributed by atoms with Crippen LogP contribution in [0.25, 0.3) is 10.9 Å². The number of nitrogens with zero attached hydrogens (tertiary/aromatic N) is 1. The van der Waals surface area contributed by atoms with Crippen molar-refractivity contribution in [1.82, 2.24) is 10.3 Å². The van der Waals surface area contributed by atoms with Gasteiger partial charge in [-0.15, -0.1) is 0 Å². The number of ether oxygens (including phenoxy) is 1. The number of benzene rings is 1. The Morgan fingerprint density at radius 3 is 2.74 bits per heavy atom. The summed E-state index contributed by atoms with van der Waals surface area (Å²) in [7, 11) is 1.52. The molecule has 1 amide bonds. The van der Waals surface area contributed by atoms with E-state index in [4.69, 9.17) is 4.74 Å². The number of aromatic nitrogens is 1. The molecule has 2 N–H and O–H groups in total. The van der Waals surface area contributed by atoms with Crippen LogP contribution in [0.3, 0.4) is 0 Å². The maximum Gasteiger partial charge on any atom is 0.251 e. The second-order valence-electron chi connectivity index (χ2n) is 9.66. The number of ketones is 2. The van der Waals surface area contributed by atoms with Crippen molar-refractivity contribution in [3.8, 4) is 11.8 Å². The molecule has 2 saturated carbocycles. The number of H-pyrrole nitrogens is 1. The van der Waals surface area contributed by atoms with Gasteiger partial charge < -0.3 is 15.0 Å². The van der Waals surface area contributed by atoms with Gasteiger partial charge in [0.15, 0.2) is 5.78 Å². The largest absolute Gasteiger partial charge is 0.496 e. The van der Waals surface area contributed by atoms with Gasteiger partial charge >= 0.3 is 0 Å². The lowest BCUT2D eigenvalue weighted by Gasteiger charge is -2.24. The number of hydrogen-bond acceptors (Lipinski definition) is 5. The molecule has 0 saturated heterocycles. The van der Waals surface area contributed by atoms with Crippen molar-refractivity contribution in [2.24, 2.45) is 17.8 Å². The van der Waals surface area contributed by atoms with E-state index >= 15 is 0 Å². The van der Waals surface area contributed by atoms with Crippen LogP contribution in [0.15, 0.2) is 24.3 Å². The summed E-state index contributed by atoms with van der Waals surface area (Å²) in [6.07, 6.45) is 2.34. The summed E-state index contributed by atoms with van der Waals surface area (Å²) in [6.45, 7) is 0. The molecule has 0 aliphatic heterocycles. The van der Waals surface area contributed by atoms with Crippen molar-refractivity contribution in [3.63, 3.8) is 0 Å². The topological polar surface area (TPSA) is 112 Å². The third-order valence-electron chi connectivity index (χ3n) is 7.15. The average Bonchev–Trinajstić information content (AvgIpc) is 3.22. The third-order valence-corrected chi connectivity index (χ3v) is 7.15. The molecule has 2 aromatic rings. The van der Waals surface area contributed by atoms with Gasteiger partial charge in [0.25, 0.3) is 5.92 Å². The number of rotatable bonds is 10. The van der Waals surface area contributed by atoms with Gasteiger partial charge in [-0.2, -0.15) is 5.26 Å². The first kappa shape index (κ1) is 24.8. The first-order valence-electron chi connectivity index (χ1n) is 12.0. The zero-order valence-corrected chi connectivity index (χ0v) is 19.6. The second-order valence-corrected chi connectivity index (χ2v) is 9.66. The van der Waals surface area contributed by atoms with Crippen molar-refractivity contribution in [3.05, 3.63) is 30.0 Å². The zero-order valence-electron chi connectivity index (χ0n) is 19.6. The van der Waals surface area contributed by atoms with Crippen molar-refractivity contribution < 1.29 is 27.9 Å². The van der Waals surface area contributed by atoms with Crippen LogP contribution in [0.1, 0.15) is 61.9 Å². The van der Waals surface area contributed by atoms with E-state index in [2.05, 4.69) is 10.3 Å². The van der Waals surface area contributed by atoms with Crippen molar-refractivity contribution >= 4 is 28.4 Å². The molecule has 1 heterocycles. The molecule has 1 aromatic heterocycles. The SMILES string of the molecule is COc1cccc2[nH]c(C(=O)C[C@@H](CC3CC3(F)F)C(=O)N[C@H](C#N)C[C@@H]3CCCCC3=O)cc12. The predicted octanol–water partition coefficient (Wildman–Crippen LogP) is 4.57. The van der Waals surface area contributed by atoms with Crippen molar-refractivity contribution in [2.75, 3.05) is 7.11 Å². The summed E-state index contributed by atoms with van der Waals surface area (Å²) in [5.41, 5.74) is 0.943. The summed E-state index contributed by atoms with van der Waals surface area (Å²) >= 11 is 0. The highest BCUT2D eigenvalue weighted by molar-refractivity contribution is 6.02. The van der Waals surface area contributed by atoms with Gasteiger partial charge in [-0.1, -0.05) is 12.5 Å². The maximum atomic E-state index is 13.7. The van der Waals surface area contributed by atoms with Gasteiger partial charge in [0.2, 0.25) is 5.91 Å². The molecule has 2 aliphatic carbocycles. The molecule has 1 unspecified atom stereocenters. The summed E-state index contributed by atoms with van der Waals surface area (Å²) < 4.78 is 32.6. The number of carbonyl (C=O) groups excluding carboxylic acids is 3. The van der Waals surface area contributed by atoms with Crippen LogP contribution in [0, 0.1) is 29.1 Å². The van der Waals surface area contributed by atoms with Crippen molar-refractivity contribution in [2.45, 2.75) is 63.3 Å². The van der Waals surface area contributed by atoms with Crippen molar-refractivity contribution in [1.29, 1.82) is 5.26 Å². The Hall–Kier alpha value is -3.28. The number of carbonyl (C=O) groups is 3. The number of aromatic amines is 1. The number of halogens is 2. The van der Waals surface area contributed by atoms with Crippen LogP contribution >= 0.6 is 0 Å². The van der Waals surface area contributed by atoms with Crippen LogP contribution in [-0.4, -0.2) is 41.5 Å². The number of Topliss-reactive ketones (excluding diaryl/α,β-unsaturated/α-hetero) is 2. The summed E-state index contributed by atoms with van der Waals surface area (Å²) in [6, 6.07) is 8.05. The van der Waals surface area contributed by atoms with E-state index in [9.17, 15) is 28.4 Å². The molecule has 4 rings (SSSR count). The third kappa shape index (κ3) is 5.69. The molecule has 7 nitrogen and oxygen atoms in total. The quantitative estimate of drug-likeness (QED) is 0.479. The summed E-state index contributed by atoms with van der Waals surface area (Å²) in [5.74, 6) is -5.42. The monoisotopic (exact) mass is 485 g/mol. The number of nitriles is 1. The Morgan fingerprint density at radius 1 is 1.31 bits per heavy atom. The molecule has 35 heavy (non-hydrogen) atoms. The van der Waals surface area contributed by atoms with E-state index < -0.39 is 29.7 Å². The Morgan fingerprint density at radius 2 is 2.09 bits per heavy atom. The van der Waals surface area contributed by atoms with Gasteiger partial charge in [0.05, 0.1) is 18.9 Å². The Bertz CT molecular complexity index is 1170. The number of amides is 1. The lowest BCUT2D eigenvalue weighted by atomic mass is 9.83. The lowest BCUT2D eigenvalue weighted by Crippen LogP contribution is -2.41.